The minimum absolute atomic E-state index is 0.210. The van der Waals surface area contributed by atoms with E-state index in [0.29, 0.717) is 22.2 Å². The zero-order valence-electron chi connectivity index (χ0n) is 10.3. The lowest BCUT2D eigenvalue weighted by molar-refractivity contribution is 0.517. The summed E-state index contributed by atoms with van der Waals surface area (Å²) in [4.78, 5) is 4.09. The Bertz CT molecular complexity index is 575. The van der Waals surface area contributed by atoms with Crippen molar-refractivity contribution in [2.75, 3.05) is 7.05 Å². The number of aromatic nitrogens is 1. The average Bonchev–Trinajstić information content (AvgIpc) is 2.41. The van der Waals surface area contributed by atoms with E-state index in [1.165, 1.54) is 6.07 Å². The largest absolute Gasteiger partial charge is 0.311 e. The molecule has 19 heavy (non-hydrogen) atoms. The Kier molecular flexibility index (Phi) is 4.75. The van der Waals surface area contributed by atoms with Crippen LogP contribution in [0.25, 0.3) is 0 Å². The maximum Gasteiger partial charge on any atom is 0.146 e. The third-order valence-electron chi connectivity index (χ3n) is 2.89. The van der Waals surface area contributed by atoms with Gasteiger partial charge in [-0.15, -0.1) is 0 Å². The molecule has 0 saturated carbocycles. The Balaban J connectivity index is 2.24. The second-order valence-corrected chi connectivity index (χ2v) is 4.98. The fourth-order valence-electron chi connectivity index (χ4n) is 1.89. The van der Waals surface area contributed by atoms with Crippen LogP contribution in [-0.4, -0.2) is 12.0 Å². The lowest BCUT2D eigenvalue weighted by Crippen LogP contribution is -2.21. The molecule has 0 aliphatic heterocycles. The first-order valence-electron chi connectivity index (χ1n) is 5.83. The maximum atomic E-state index is 13.7. The van der Waals surface area contributed by atoms with Gasteiger partial charge in [0.1, 0.15) is 5.82 Å². The molecule has 0 radical (unpaired) electrons. The summed E-state index contributed by atoms with van der Waals surface area (Å²) in [6.45, 7) is 0. The molecule has 100 valence electrons. The number of nitrogens with zero attached hydrogens (tertiary/aromatic N) is 1. The molecule has 0 spiro atoms. The number of likely N-dealkylation sites (N-methyl/N-ethyl adjacent to an activating group) is 1. The summed E-state index contributed by atoms with van der Waals surface area (Å²) in [6, 6.07) is 8.17. The molecular weight excluding hydrogens is 286 g/mol. The topological polar surface area (TPSA) is 24.9 Å². The summed E-state index contributed by atoms with van der Waals surface area (Å²) >= 11 is 11.8. The van der Waals surface area contributed by atoms with Crippen molar-refractivity contribution in [3.05, 3.63) is 63.6 Å². The first-order chi connectivity index (χ1) is 9.11. The quantitative estimate of drug-likeness (QED) is 0.922. The van der Waals surface area contributed by atoms with Crippen LogP contribution in [0.1, 0.15) is 17.3 Å². The molecule has 0 aliphatic carbocycles. The van der Waals surface area contributed by atoms with Crippen LogP contribution in [0.5, 0.6) is 0 Å². The summed E-state index contributed by atoms with van der Waals surface area (Å²) in [5.41, 5.74) is 1.37. The van der Waals surface area contributed by atoms with Gasteiger partial charge >= 0.3 is 0 Å². The van der Waals surface area contributed by atoms with Gasteiger partial charge in [-0.2, -0.15) is 0 Å². The van der Waals surface area contributed by atoms with Gasteiger partial charge in [0, 0.05) is 6.20 Å². The molecule has 1 aromatic carbocycles. The predicted octanol–water partition coefficient (Wildman–Crippen LogP) is 4.03. The number of rotatable bonds is 4. The van der Waals surface area contributed by atoms with Gasteiger partial charge in [-0.25, -0.2) is 4.39 Å². The number of benzene rings is 1. The van der Waals surface area contributed by atoms with Crippen LogP contribution < -0.4 is 5.32 Å². The lowest BCUT2D eigenvalue weighted by atomic mass is 10.0. The molecule has 1 N–H and O–H groups in total. The number of pyridine rings is 1. The molecule has 1 atom stereocenters. The molecule has 1 aromatic heterocycles. The van der Waals surface area contributed by atoms with Gasteiger partial charge in [0.05, 0.1) is 21.8 Å². The van der Waals surface area contributed by atoms with Gasteiger partial charge in [-0.05, 0) is 43.3 Å². The van der Waals surface area contributed by atoms with Crippen molar-refractivity contribution in [2.24, 2.45) is 0 Å². The Morgan fingerprint density at radius 1 is 1.26 bits per heavy atom. The molecular formula is C14H13Cl2FN2. The van der Waals surface area contributed by atoms with Crippen LogP contribution in [-0.2, 0) is 6.42 Å². The van der Waals surface area contributed by atoms with E-state index in [1.54, 1.807) is 31.4 Å². The highest BCUT2D eigenvalue weighted by molar-refractivity contribution is 6.42. The zero-order valence-corrected chi connectivity index (χ0v) is 11.8. The second kappa shape index (κ2) is 6.33. The van der Waals surface area contributed by atoms with Crippen LogP contribution in [0.2, 0.25) is 10.0 Å². The van der Waals surface area contributed by atoms with Gasteiger partial charge < -0.3 is 5.32 Å². The van der Waals surface area contributed by atoms with Gasteiger partial charge in [-0.1, -0.05) is 29.3 Å². The molecule has 2 nitrogen and oxygen atoms in total. The normalized spacial score (nSPS) is 12.4. The fourth-order valence-corrected chi connectivity index (χ4v) is 2.21. The highest BCUT2D eigenvalue weighted by atomic mass is 35.5. The molecule has 1 unspecified atom stereocenters. The minimum Gasteiger partial charge on any atom is -0.311 e. The summed E-state index contributed by atoms with van der Waals surface area (Å²) in [5, 5.41) is 4.07. The van der Waals surface area contributed by atoms with Crippen molar-refractivity contribution in [3.63, 3.8) is 0 Å². The van der Waals surface area contributed by atoms with E-state index < -0.39 is 0 Å². The Morgan fingerprint density at radius 2 is 2.05 bits per heavy atom. The Labute approximate surface area is 121 Å². The highest BCUT2D eigenvalue weighted by Gasteiger charge is 2.16. The van der Waals surface area contributed by atoms with E-state index in [2.05, 4.69) is 10.3 Å². The van der Waals surface area contributed by atoms with Crippen LogP contribution >= 0.6 is 23.2 Å². The van der Waals surface area contributed by atoms with Crippen molar-refractivity contribution >= 4 is 23.2 Å². The molecule has 5 heteroatoms. The predicted molar refractivity (Wildman–Crippen MR) is 76.2 cm³/mol. The number of hydrogen-bond donors (Lipinski definition) is 1. The van der Waals surface area contributed by atoms with Crippen molar-refractivity contribution in [2.45, 2.75) is 12.5 Å². The zero-order chi connectivity index (χ0) is 13.8. The first kappa shape index (κ1) is 14.3. The second-order valence-electron chi connectivity index (χ2n) is 4.16. The van der Waals surface area contributed by atoms with E-state index in [1.807, 2.05) is 6.07 Å². The Morgan fingerprint density at radius 3 is 2.68 bits per heavy atom. The monoisotopic (exact) mass is 298 g/mol. The number of nitrogens with one attached hydrogen (secondary N) is 1. The third kappa shape index (κ3) is 3.44. The fraction of sp³-hybridized carbons (Fsp3) is 0.214. The maximum absolute atomic E-state index is 13.7. The summed E-state index contributed by atoms with van der Waals surface area (Å²) in [5.74, 6) is -0.318. The summed E-state index contributed by atoms with van der Waals surface area (Å²) in [7, 11) is 1.77. The van der Waals surface area contributed by atoms with E-state index in [9.17, 15) is 4.39 Å². The van der Waals surface area contributed by atoms with Gasteiger partial charge in [-0.3, -0.25) is 4.98 Å². The van der Waals surface area contributed by atoms with Crippen LogP contribution in [0.3, 0.4) is 0 Å². The molecule has 0 aliphatic rings. The smallest absolute Gasteiger partial charge is 0.146 e. The lowest BCUT2D eigenvalue weighted by Gasteiger charge is -2.16. The van der Waals surface area contributed by atoms with E-state index >= 15 is 0 Å². The first-order valence-corrected chi connectivity index (χ1v) is 6.59. The number of hydrogen-bond acceptors (Lipinski definition) is 2. The van der Waals surface area contributed by atoms with Crippen LogP contribution in [0.15, 0.2) is 36.5 Å². The molecule has 2 aromatic rings. The SMILES string of the molecule is CNC(Cc1ccc(Cl)c(Cl)c1)c1ncccc1F. The molecule has 0 fully saturated rings. The summed E-state index contributed by atoms with van der Waals surface area (Å²) in [6.07, 6.45) is 2.17. The number of halogens is 3. The highest BCUT2D eigenvalue weighted by Crippen LogP contribution is 2.25. The van der Waals surface area contributed by atoms with Crippen molar-refractivity contribution in [1.29, 1.82) is 0 Å². The molecule has 0 bridgehead atoms. The van der Waals surface area contributed by atoms with E-state index in [-0.39, 0.29) is 11.9 Å². The molecule has 2 rings (SSSR count). The Hall–Kier alpha value is -1.16. The molecule has 0 saturated heterocycles. The molecule has 0 amide bonds. The average molecular weight is 299 g/mol. The molecule has 1 heterocycles. The van der Waals surface area contributed by atoms with E-state index in [0.717, 1.165) is 5.56 Å². The van der Waals surface area contributed by atoms with Gasteiger partial charge in [0.25, 0.3) is 0 Å². The van der Waals surface area contributed by atoms with Crippen molar-refractivity contribution in [1.82, 2.24) is 10.3 Å². The van der Waals surface area contributed by atoms with Crippen molar-refractivity contribution < 1.29 is 4.39 Å². The minimum atomic E-state index is -0.318. The summed E-state index contributed by atoms with van der Waals surface area (Å²) < 4.78 is 13.7. The van der Waals surface area contributed by atoms with Crippen molar-refractivity contribution in [3.8, 4) is 0 Å². The van der Waals surface area contributed by atoms with Gasteiger partial charge in [0.15, 0.2) is 0 Å². The standard InChI is InChI=1S/C14H13Cl2FN2/c1-18-13(14-12(17)3-2-6-19-14)8-9-4-5-10(15)11(16)7-9/h2-7,13,18H,8H2,1H3. The van der Waals surface area contributed by atoms with Gasteiger partial charge in [0.2, 0.25) is 0 Å². The third-order valence-corrected chi connectivity index (χ3v) is 3.63. The van der Waals surface area contributed by atoms with Crippen LogP contribution in [0, 0.1) is 5.82 Å². The van der Waals surface area contributed by atoms with Crippen LogP contribution in [0.4, 0.5) is 4.39 Å². The van der Waals surface area contributed by atoms with E-state index in [4.69, 9.17) is 23.2 Å².